The van der Waals surface area contributed by atoms with Crippen LogP contribution in [0.4, 0.5) is 0 Å². The topological polar surface area (TPSA) is 12.9 Å². The molecule has 1 nitrogen and oxygen atoms in total. The molecule has 82 valence electrons. The number of aryl methyl sites for hydroxylation is 1. The third-order valence-corrected chi connectivity index (χ3v) is 4.61. The zero-order valence-corrected chi connectivity index (χ0v) is 10.8. The van der Waals surface area contributed by atoms with Crippen molar-refractivity contribution >= 4 is 34.3 Å². The lowest BCUT2D eigenvalue weighted by Gasteiger charge is -2.08. The summed E-state index contributed by atoms with van der Waals surface area (Å²) in [6.07, 6.45) is 1.13. The molecule has 0 amide bonds. The van der Waals surface area contributed by atoms with Crippen LogP contribution in [0.1, 0.15) is 18.2 Å². The average Bonchev–Trinajstić information content (AvgIpc) is 2.63. The number of halogens is 1. The van der Waals surface area contributed by atoms with Gasteiger partial charge < -0.3 is 0 Å². The van der Waals surface area contributed by atoms with Crippen molar-refractivity contribution in [1.29, 1.82) is 0 Å². The van der Waals surface area contributed by atoms with E-state index in [0.717, 1.165) is 22.7 Å². The Hall–Kier alpha value is -0.730. The zero-order valence-electron chi connectivity index (χ0n) is 9.25. The predicted octanol–water partition coefficient (Wildman–Crippen LogP) is 4.23. The molecule has 1 aliphatic rings. The van der Waals surface area contributed by atoms with Crippen LogP contribution in [0.2, 0.25) is 5.02 Å². The second-order valence-electron chi connectivity index (χ2n) is 4.27. The SMILES string of the molecule is Cc1nc2c(Cl)cccc2c2c1C[C@H](C)S2. The number of fused-ring (bicyclic) bond motifs is 3. The van der Waals surface area contributed by atoms with Crippen LogP contribution in [0, 0.1) is 6.92 Å². The first-order chi connectivity index (χ1) is 7.66. The van der Waals surface area contributed by atoms with E-state index in [9.17, 15) is 0 Å². The van der Waals surface area contributed by atoms with E-state index in [4.69, 9.17) is 11.6 Å². The van der Waals surface area contributed by atoms with Crippen molar-refractivity contribution in [3.05, 3.63) is 34.5 Å². The Labute approximate surface area is 104 Å². The summed E-state index contributed by atoms with van der Waals surface area (Å²) in [5.74, 6) is 0. The fourth-order valence-corrected chi connectivity index (χ4v) is 3.81. The molecule has 0 saturated carbocycles. The molecule has 16 heavy (non-hydrogen) atoms. The normalized spacial score (nSPS) is 19.1. The molecule has 2 aromatic rings. The van der Waals surface area contributed by atoms with Gasteiger partial charge in [0.05, 0.1) is 10.5 Å². The van der Waals surface area contributed by atoms with Gasteiger partial charge in [-0.1, -0.05) is 30.7 Å². The van der Waals surface area contributed by atoms with Crippen LogP contribution < -0.4 is 0 Å². The molecule has 1 atom stereocenters. The fraction of sp³-hybridized carbons (Fsp3) is 0.308. The van der Waals surface area contributed by atoms with E-state index in [1.165, 1.54) is 15.8 Å². The summed E-state index contributed by atoms with van der Waals surface area (Å²) in [7, 11) is 0. The Morgan fingerprint density at radius 2 is 2.25 bits per heavy atom. The quantitative estimate of drug-likeness (QED) is 0.693. The predicted molar refractivity (Wildman–Crippen MR) is 70.5 cm³/mol. The maximum absolute atomic E-state index is 6.20. The van der Waals surface area contributed by atoms with E-state index in [2.05, 4.69) is 24.9 Å². The summed E-state index contributed by atoms with van der Waals surface area (Å²) in [6, 6.07) is 6.04. The van der Waals surface area contributed by atoms with Crippen LogP contribution in [-0.4, -0.2) is 10.2 Å². The molecular formula is C13H12ClNS. The van der Waals surface area contributed by atoms with E-state index < -0.39 is 0 Å². The highest BCUT2D eigenvalue weighted by atomic mass is 35.5. The number of thioether (sulfide) groups is 1. The number of pyridine rings is 1. The summed E-state index contributed by atoms with van der Waals surface area (Å²) in [4.78, 5) is 6.02. The van der Waals surface area contributed by atoms with Crippen LogP contribution in [0.25, 0.3) is 10.9 Å². The Balaban J connectivity index is 2.41. The molecule has 1 aromatic heterocycles. The molecule has 3 heteroatoms. The van der Waals surface area contributed by atoms with Gasteiger partial charge in [-0.25, -0.2) is 0 Å². The minimum Gasteiger partial charge on any atom is -0.251 e. The lowest BCUT2D eigenvalue weighted by Crippen LogP contribution is -1.96. The molecule has 0 fully saturated rings. The largest absolute Gasteiger partial charge is 0.251 e. The number of hydrogen-bond donors (Lipinski definition) is 0. The van der Waals surface area contributed by atoms with Gasteiger partial charge in [0.15, 0.2) is 0 Å². The summed E-state index contributed by atoms with van der Waals surface area (Å²) in [6.45, 7) is 4.35. The number of aromatic nitrogens is 1. The molecule has 0 bridgehead atoms. The summed E-state index contributed by atoms with van der Waals surface area (Å²) in [5, 5.41) is 2.62. The third kappa shape index (κ3) is 1.44. The molecule has 0 N–H and O–H groups in total. The highest BCUT2D eigenvalue weighted by Gasteiger charge is 2.24. The zero-order chi connectivity index (χ0) is 11.3. The summed E-state index contributed by atoms with van der Waals surface area (Å²) < 4.78 is 0. The molecule has 1 aromatic carbocycles. The second kappa shape index (κ2) is 3.64. The third-order valence-electron chi connectivity index (χ3n) is 3.03. The van der Waals surface area contributed by atoms with Crippen molar-refractivity contribution in [2.45, 2.75) is 30.4 Å². The maximum atomic E-state index is 6.20. The van der Waals surface area contributed by atoms with Crippen molar-refractivity contribution < 1.29 is 0 Å². The highest BCUT2D eigenvalue weighted by molar-refractivity contribution is 8.00. The van der Waals surface area contributed by atoms with Gasteiger partial charge in [-0.2, -0.15) is 0 Å². The van der Waals surface area contributed by atoms with Gasteiger partial charge in [0.1, 0.15) is 0 Å². The first-order valence-electron chi connectivity index (χ1n) is 5.41. The van der Waals surface area contributed by atoms with Crippen molar-refractivity contribution in [3.8, 4) is 0 Å². The van der Waals surface area contributed by atoms with Crippen LogP contribution in [-0.2, 0) is 6.42 Å². The molecule has 0 aliphatic carbocycles. The minimum atomic E-state index is 0.653. The number of benzene rings is 1. The molecular weight excluding hydrogens is 238 g/mol. The van der Waals surface area contributed by atoms with Gasteiger partial charge in [0, 0.05) is 21.2 Å². The first-order valence-corrected chi connectivity index (χ1v) is 6.67. The van der Waals surface area contributed by atoms with Gasteiger partial charge in [-0.15, -0.1) is 11.8 Å². The van der Waals surface area contributed by atoms with E-state index in [1.807, 2.05) is 23.9 Å². The van der Waals surface area contributed by atoms with Gasteiger partial charge in [0.25, 0.3) is 0 Å². The molecule has 1 aliphatic heterocycles. The average molecular weight is 250 g/mol. The van der Waals surface area contributed by atoms with E-state index in [1.54, 1.807) is 0 Å². The lowest BCUT2D eigenvalue weighted by atomic mass is 10.1. The maximum Gasteiger partial charge on any atom is 0.0902 e. The Morgan fingerprint density at radius 1 is 1.44 bits per heavy atom. The summed E-state index contributed by atoms with van der Waals surface area (Å²) in [5.41, 5.74) is 3.49. The van der Waals surface area contributed by atoms with E-state index in [-0.39, 0.29) is 0 Å². The number of hydrogen-bond acceptors (Lipinski definition) is 2. The molecule has 0 unspecified atom stereocenters. The smallest absolute Gasteiger partial charge is 0.0902 e. The second-order valence-corrected chi connectivity index (χ2v) is 6.13. The molecule has 0 spiro atoms. The van der Waals surface area contributed by atoms with Gasteiger partial charge in [-0.05, 0) is 25.0 Å². The monoisotopic (exact) mass is 249 g/mol. The van der Waals surface area contributed by atoms with E-state index >= 15 is 0 Å². The molecule has 2 heterocycles. The Morgan fingerprint density at radius 3 is 3.06 bits per heavy atom. The van der Waals surface area contributed by atoms with Gasteiger partial charge in [0.2, 0.25) is 0 Å². The molecule has 0 radical (unpaired) electrons. The minimum absolute atomic E-state index is 0.653. The molecule has 0 saturated heterocycles. The Kier molecular flexibility index (Phi) is 2.37. The van der Waals surface area contributed by atoms with Crippen molar-refractivity contribution in [2.75, 3.05) is 0 Å². The van der Waals surface area contributed by atoms with Gasteiger partial charge >= 0.3 is 0 Å². The van der Waals surface area contributed by atoms with Crippen LogP contribution >= 0.6 is 23.4 Å². The lowest BCUT2D eigenvalue weighted by molar-refractivity contribution is 0.937. The molecule has 3 rings (SSSR count). The van der Waals surface area contributed by atoms with Crippen molar-refractivity contribution in [2.24, 2.45) is 0 Å². The van der Waals surface area contributed by atoms with E-state index in [0.29, 0.717) is 5.25 Å². The van der Waals surface area contributed by atoms with Crippen LogP contribution in [0.15, 0.2) is 23.1 Å². The van der Waals surface area contributed by atoms with Crippen molar-refractivity contribution in [3.63, 3.8) is 0 Å². The number of para-hydroxylation sites is 1. The Bertz CT molecular complexity index is 580. The highest BCUT2D eigenvalue weighted by Crippen LogP contribution is 2.43. The number of rotatable bonds is 0. The van der Waals surface area contributed by atoms with Crippen LogP contribution in [0.3, 0.4) is 0 Å². The fourth-order valence-electron chi connectivity index (χ4n) is 2.28. The summed E-state index contributed by atoms with van der Waals surface area (Å²) >= 11 is 8.14. The number of nitrogens with zero attached hydrogens (tertiary/aromatic N) is 1. The van der Waals surface area contributed by atoms with Crippen molar-refractivity contribution in [1.82, 2.24) is 4.98 Å². The first kappa shape index (κ1) is 10.4. The van der Waals surface area contributed by atoms with Gasteiger partial charge in [-0.3, -0.25) is 4.98 Å². The standard InChI is InChI=1S/C13H12ClNS/c1-7-6-10-8(2)15-12-9(13(10)16-7)4-3-5-11(12)14/h3-5,7H,6H2,1-2H3/t7-/m0/s1. The van der Waals surface area contributed by atoms with Crippen LogP contribution in [0.5, 0.6) is 0 Å².